The largest absolute Gasteiger partial charge is 0.303 e. The Bertz CT molecular complexity index is 458. The lowest BCUT2D eigenvalue weighted by Gasteiger charge is -2.30. The van der Waals surface area contributed by atoms with Gasteiger partial charge < -0.3 is 4.90 Å². The second-order valence-corrected chi connectivity index (χ2v) is 6.97. The minimum absolute atomic E-state index is 0.342. The molecule has 2 heterocycles. The molecule has 0 amide bonds. The van der Waals surface area contributed by atoms with E-state index in [4.69, 9.17) is 5.26 Å². The molecule has 3 nitrogen and oxygen atoms in total. The molecule has 1 aromatic heterocycles. The van der Waals surface area contributed by atoms with Crippen molar-refractivity contribution in [3.8, 4) is 6.07 Å². The van der Waals surface area contributed by atoms with Crippen molar-refractivity contribution < 1.29 is 0 Å². The number of rotatable bonds is 4. The molecule has 0 saturated carbocycles. The third-order valence-corrected chi connectivity index (χ3v) is 4.76. The van der Waals surface area contributed by atoms with Gasteiger partial charge in [-0.15, -0.1) is 11.3 Å². The average molecular weight is 277 g/mol. The third-order valence-electron chi connectivity index (χ3n) is 3.73. The summed E-state index contributed by atoms with van der Waals surface area (Å²) in [5.74, 6) is 1.17. The fraction of sp³-hybridized carbons (Fsp3) is 0.733. The molecule has 1 saturated heterocycles. The van der Waals surface area contributed by atoms with Gasteiger partial charge in [0.05, 0.1) is 10.7 Å². The summed E-state index contributed by atoms with van der Waals surface area (Å²) in [6, 6.07) is 2.28. The molecule has 0 N–H and O–H groups in total. The first-order valence-corrected chi connectivity index (χ1v) is 8.04. The van der Waals surface area contributed by atoms with E-state index in [2.05, 4.69) is 36.7 Å². The van der Waals surface area contributed by atoms with Crippen LogP contribution < -0.4 is 0 Å². The Morgan fingerprint density at radius 3 is 2.89 bits per heavy atom. The molecule has 1 aliphatic heterocycles. The van der Waals surface area contributed by atoms with Gasteiger partial charge in [-0.2, -0.15) is 5.26 Å². The highest BCUT2D eigenvalue weighted by atomic mass is 32.1. The predicted molar refractivity (Wildman–Crippen MR) is 79.5 cm³/mol. The minimum Gasteiger partial charge on any atom is -0.303 e. The minimum atomic E-state index is 0.342. The van der Waals surface area contributed by atoms with Crippen molar-refractivity contribution in [2.75, 3.05) is 19.6 Å². The number of nitrogens with zero attached hydrogens (tertiary/aromatic N) is 3. The molecule has 4 heteroatoms. The summed E-state index contributed by atoms with van der Waals surface area (Å²) in [6.45, 7) is 10.1. The smallest absolute Gasteiger partial charge is 0.128 e. The zero-order valence-corrected chi connectivity index (χ0v) is 13.0. The van der Waals surface area contributed by atoms with Gasteiger partial charge in [-0.1, -0.05) is 20.8 Å². The Morgan fingerprint density at radius 1 is 1.53 bits per heavy atom. The Balaban J connectivity index is 1.94. The molecule has 2 rings (SSSR count). The van der Waals surface area contributed by atoms with Gasteiger partial charge in [-0.25, -0.2) is 4.98 Å². The summed E-state index contributed by atoms with van der Waals surface area (Å²) in [5, 5.41) is 10.3. The zero-order valence-electron chi connectivity index (χ0n) is 12.1. The molecule has 1 atom stereocenters. The van der Waals surface area contributed by atoms with E-state index < -0.39 is 0 Å². The number of likely N-dealkylation sites (tertiary alicyclic amines) is 1. The Kier molecular flexibility index (Phi) is 4.95. The molecule has 1 unspecified atom stereocenters. The highest BCUT2D eigenvalue weighted by Crippen LogP contribution is 2.25. The van der Waals surface area contributed by atoms with Gasteiger partial charge in [0.2, 0.25) is 0 Å². The molecule has 1 aromatic rings. The Labute approximate surface area is 120 Å². The van der Waals surface area contributed by atoms with Crippen LogP contribution >= 0.6 is 11.3 Å². The lowest BCUT2D eigenvalue weighted by molar-refractivity contribution is 0.186. The van der Waals surface area contributed by atoms with Crippen LogP contribution in [0.15, 0.2) is 0 Å². The van der Waals surface area contributed by atoms with Gasteiger partial charge in [0.1, 0.15) is 10.9 Å². The molecule has 1 fully saturated rings. The van der Waals surface area contributed by atoms with Crippen molar-refractivity contribution in [3.05, 3.63) is 15.6 Å². The number of piperidine rings is 1. The molecule has 0 radical (unpaired) electrons. The van der Waals surface area contributed by atoms with E-state index in [-0.39, 0.29) is 0 Å². The molecule has 19 heavy (non-hydrogen) atoms. The standard InChI is InChI=1S/C15H23N3S/c1-11(2)15-13(9-16)19-14(17-15)6-8-18-7-4-5-12(3)10-18/h11-12H,4-8,10H2,1-3H3. The topological polar surface area (TPSA) is 39.9 Å². The summed E-state index contributed by atoms with van der Waals surface area (Å²) < 4.78 is 0. The van der Waals surface area contributed by atoms with E-state index in [9.17, 15) is 0 Å². The van der Waals surface area contributed by atoms with Crippen LogP contribution in [-0.4, -0.2) is 29.5 Å². The van der Waals surface area contributed by atoms with E-state index >= 15 is 0 Å². The number of hydrogen-bond donors (Lipinski definition) is 0. The number of nitriles is 1. The molecule has 0 spiro atoms. The van der Waals surface area contributed by atoms with Gasteiger partial charge in [0.15, 0.2) is 0 Å². The van der Waals surface area contributed by atoms with E-state index in [1.165, 1.54) is 25.9 Å². The van der Waals surface area contributed by atoms with Gasteiger partial charge in [-0.3, -0.25) is 0 Å². The first-order valence-electron chi connectivity index (χ1n) is 7.22. The van der Waals surface area contributed by atoms with Crippen molar-refractivity contribution in [1.29, 1.82) is 5.26 Å². The first kappa shape index (κ1) is 14.5. The maximum atomic E-state index is 9.14. The van der Waals surface area contributed by atoms with Crippen LogP contribution in [0, 0.1) is 17.2 Å². The van der Waals surface area contributed by atoms with Crippen LogP contribution in [0.1, 0.15) is 55.1 Å². The van der Waals surface area contributed by atoms with Gasteiger partial charge >= 0.3 is 0 Å². The van der Waals surface area contributed by atoms with Crippen LogP contribution in [0.3, 0.4) is 0 Å². The van der Waals surface area contributed by atoms with Crippen molar-refractivity contribution in [3.63, 3.8) is 0 Å². The Morgan fingerprint density at radius 2 is 2.32 bits per heavy atom. The molecular formula is C15H23N3S. The van der Waals surface area contributed by atoms with Crippen LogP contribution in [-0.2, 0) is 6.42 Å². The fourth-order valence-electron chi connectivity index (χ4n) is 2.70. The summed E-state index contributed by atoms with van der Waals surface area (Å²) in [7, 11) is 0. The van der Waals surface area contributed by atoms with Crippen LogP contribution in [0.25, 0.3) is 0 Å². The number of aromatic nitrogens is 1. The quantitative estimate of drug-likeness (QED) is 0.846. The van der Waals surface area contributed by atoms with Crippen molar-refractivity contribution in [1.82, 2.24) is 9.88 Å². The first-order chi connectivity index (χ1) is 9.10. The molecular weight excluding hydrogens is 254 g/mol. The van der Waals surface area contributed by atoms with Crippen LogP contribution in [0.4, 0.5) is 0 Å². The molecule has 104 valence electrons. The van der Waals surface area contributed by atoms with Gasteiger partial charge in [0.25, 0.3) is 0 Å². The number of hydrogen-bond acceptors (Lipinski definition) is 4. The lowest BCUT2D eigenvalue weighted by Crippen LogP contribution is -2.35. The predicted octanol–water partition coefficient (Wildman–Crippen LogP) is 3.41. The maximum absolute atomic E-state index is 9.14. The van der Waals surface area contributed by atoms with E-state index in [0.29, 0.717) is 5.92 Å². The summed E-state index contributed by atoms with van der Waals surface area (Å²) in [4.78, 5) is 7.99. The van der Waals surface area contributed by atoms with E-state index in [1.54, 1.807) is 11.3 Å². The van der Waals surface area contributed by atoms with E-state index in [0.717, 1.165) is 34.5 Å². The van der Waals surface area contributed by atoms with Crippen LogP contribution in [0.2, 0.25) is 0 Å². The van der Waals surface area contributed by atoms with E-state index in [1.807, 2.05) is 0 Å². The summed E-state index contributed by atoms with van der Waals surface area (Å²) in [5.41, 5.74) is 0.981. The second kappa shape index (κ2) is 6.49. The second-order valence-electron chi connectivity index (χ2n) is 5.89. The monoisotopic (exact) mass is 277 g/mol. The van der Waals surface area contributed by atoms with Gasteiger partial charge in [-0.05, 0) is 31.2 Å². The lowest BCUT2D eigenvalue weighted by atomic mass is 10.0. The number of thiazole rings is 1. The zero-order chi connectivity index (χ0) is 13.8. The maximum Gasteiger partial charge on any atom is 0.128 e. The normalized spacial score (nSPS) is 20.7. The van der Waals surface area contributed by atoms with Crippen LogP contribution in [0.5, 0.6) is 0 Å². The van der Waals surface area contributed by atoms with Crippen molar-refractivity contribution in [2.24, 2.45) is 5.92 Å². The molecule has 0 bridgehead atoms. The molecule has 1 aliphatic rings. The summed E-state index contributed by atoms with van der Waals surface area (Å²) >= 11 is 1.58. The molecule has 0 aromatic carbocycles. The highest BCUT2D eigenvalue weighted by molar-refractivity contribution is 7.12. The highest BCUT2D eigenvalue weighted by Gasteiger charge is 2.18. The van der Waals surface area contributed by atoms with Crippen molar-refractivity contribution >= 4 is 11.3 Å². The van der Waals surface area contributed by atoms with Gasteiger partial charge in [0, 0.05) is 19.5 Å². The molecule has 0 aliphatic carbocycles. The SMILES string of the molecule is CC1CCCN(CCc2nc(C(C)C)c(C#N)s2)C1. The van der Waals surface area contributed by atoms with Crippen molar-refractivity contribution in [2.45, 2.75) is 46.0 Å². The Hall–Kier alpha value is -0.920. The summed E-state index contributed by atoms with van der Waals surface area (Å²) in [6.07, 6.45) is 3.67. The third kappa shape index (κ3) is 3.77. The average Bonchev–Trinajstić information content (AvgIpc) is 2.80. The fourth-order valence-corrected chi connectivity index (χ4v) is 3.70.